The topological polar surface area (TPSA) is 55.1 Å². The molecule has 3 nitrogen and oxygen atoms in total. The third-order valence-corrected chi connectivity index (χ3v) is 3.03. The van der Waals surface area contributed by atoms with Gasteiger partial charge in [-0.05, 0) is 42.8 Å². The summed E-state index contributed by atoms with van der Waals surface area (Å²) >= 11 is 3.36. The molecule has 18 heavy (non-hydrogen) atoms. The second-order valence-corrected chi connectivity index (χ2v) is 4.97. The number of amides is 1. The first-order chi connectivity index (χ1) is 8.56. The lowest BCUT2D eigenvalue weighted by Gasteiger charge is -2.08. The van der Waals surface area contributed by atoms with Crippen molar-refractivity contribution in [1.82, 2.24) is 0 Å². The number of nitrogen functional groups attached to an aromatic ring is 1. The summed E-state index contributed by atoms with van der Waals surface area (Å²) in [6.45, 7) is 1.94. The molecule has 3 N–H and O–H groups in total. The Kier molecular flexibility index (Phi) is 3.67. The van der Waals surface area contributed by atoms with Crippen LogP contribution in [0.2, 0.25) is 0 Å². The second kappa shape index (κ2) is 5.23. The van der Waals surface area contributed by atoms with E-state index in [1.54, 1.807) is 12.1 Å². The number of carbonyl (C=O) groups excluding carboxylic acids is 1. The first-order valence-electron chi connectivity index (χ1n) is 5.49. The summed E-state index contributed by atoms with van der Waals surface area (Å²) < 4.78 is 0.914. The molecule has 0 fully saturated rings. The molecule has 1 amide bonds. The van der Waals surface area contributed by atoms with E-state index in [0.717, 1.165) is 15.7 Å². The number of nitrogens with two attached hydrogens (primary N) is 1. The van der Waals surface area contributed by atoms with E-state index in [1.807, 2.05) is 37.3 Å². The minimum atomic E-state index is -0.203. The van der Waals surface area contributed by atoms with Crippen LogP contribution in [0.4, 0.5) is 11.4 Å². The van der Waals surface area contributed by atoms with Gasteiger partial charge in [0.25, 0.3) is 5.91 Å². The molecule has 0 radical (unpaired) electrons. The van der Waals surface area contributed by atoms with E-state index in [9.17, 15) is 4.79 Å². The van der Waals surface area contributed by atoms with Crippen LogP contribution in [0.3, 0.4) is 0 Å². The van der Waals surface area contributed by atoms with Crippen molar-refractivity contribution < 1.29 is 4.79 Å². The summed E-state index contributed by atoms with van der Waals surface area (Å²) in [5, 5.41) is 2.81. The van der Waals surface area contributed by atoms with Crippen LogP contribution in [-0.4, -0.2) is 5.91 Å². The molecule has 0 unspecified atom stereocenters. The van der Waals surface area contributed by atoms with Gasteiger partial charge in [-0.1, -0.05) is 28.1 Å². The zero-order valence-corrected chi connectivity index (χ0v) is 11.5. The summed E-state index contributed by atoms with van der Waals surface area (Å²) in [5.74, 6) is -0.203. The van der Waals surface area contributed by atoms with Crippen molar-refractivity contribution in [2.75, 3.05) is 11.1 Å². The highest BCUT2D eigenvalue weighted by atomic mass is 79.9. The van der Waals surface area contributed by atoms with Crippen LogP contribution < -0.4 is 11.1 Å². The summed E-state index contributed by atoms with van der Waals surface area (Å²) in [5.41, 5.74) is 8.58. The van der Waals surface area contributed by atoms with Gasteiger partial charge in [0.2, 0.25) is 0 Å². The van der Waals surface area contributed by atoms with Gasteiger partial charge in [0.1, 0.15) is 0 Å². The van der Waals surface area contributed by atoms with Crippen LogP contribution in [0.25, 0.3) is 0 Å². The van der Waals surface area contributed by atoms with Gasteiger partial charge in [-0.3, -0.25) is 4.79 Å². The average Bonchev–Trinajstić information content (AvgIpc) is 2.28. The van der Waals surface area contributed by atoms with E-state index in [1.165, 1.54) is 0 Å². The molecular formula is C14H13BrN2O. The number of benzene rings is 2. The molecule has 0 aliphatic rings. The molecule has 0 aromatic heterocycles. The van der Waals surface area contributed by atoms with E-state index >= 15 is 0 Å². The van der Waals surface area contributed by atoms with Crippen LogP contribution >= 0.6 is 15.9 Å². The molecule has 0 saturated heterocycles. The Bertz CT molecular complexity index is 596. The lowest BCUT2D eigenvalue weighted by molar-refractivity contribution is 0.102. The summed E-state index contributed by atoms with van der Waals surface area (Å²) in [7, 11) is 0. The Balaban J connectivity index is 2.22. The minimum Gasteiger partial charge on any atom is -0.398 e. The highest BCUT2D eigenvalue weighted by Crippen LogP contribution is 2.19. The van der Waals surface area contributed by atoms with Gasteiger partial charge in [-0.25, -0.2) is 0 Å². The van der Waals surface area contributed by atoms with E-state index in [4.69, 9.17) is 5.73 Å². The molecule has 92 valence electrons. The Morgan fingerprint density at radius 2 is 2.00 bits per heavy atom. The SMILES string of the molecule is Cc1ccc(C(=O)Nc2cccc(Br)c2)c(N)c1. The molecule has 0 atom stereocenters. The normalized spacial score (nSPS) is 10.1. The molecular weight excluding hydrogens is 292 g/mol. The van der Waals surface area contributed by atoms with Gasteiger partial charge in [0.05, 0.1) is 5.56 Å². The van der Waals surface area contributed by atoms with Crippen molar-refractivity contribution in [3.63, 3.8) is 0 Å². The minimum absolute atomic E-state index is 0.203. The van der Waals surface area contributed by atoms with Crippen molar-refractivity contribution in [2.45, 2.75) is 6.92 Å². The molecule has 2 aromatic carbocycles. The van der Waals surface area contributed by atoms with E-state index in [2.05, 4.69) is 21.2 Å². The number of hydrogen-bond donors (Lipinski definition) is 2. The number of hydrogen-bond acceptors (Lipinski definition) is 2. The average molecular weight is 305 g/mol. The maximum Gasteiger partial charge on any atom is 0.257 e. The van der Waals surface area contributed by atoms with Gasteiger partial charge >= 0.3 is 0 Å². The number of nitrogens with one attached hydrogen (secondary N) is 1. The van der Waals surface area contributed by atoms with Crippen LogP contribution in [0.1, 0.15) is 15.9 Å². The fourth-order valence-electron chi connectivity index (χ4n) is 1.65. The fraction of sp³-hybridized carbons (Fsp3) is 0.0714. The number of halogens is 1. The van der Waals surface area contributed by atoms with E-state index in [-0.39, 0.29) is 5.91 Å². The van der Waals surface area contributed by atoms with Gasteiger partial charge in [-0.2, -0.15) is 0 Å². The number of carbonyl (C=O) groups is 1. The van der Waals surface area contributed by atoms with Crippen LogP contribution in [0.15, 0.2) is 46.9 Å². The first-order valence-corrected chi connectivity index (χ1v) is 6.28. The number of anilines is 2. The second-order valence-electron chi connectivity index (χ2n) is 4.06. The maximum absolute atomic E-state index is 12.1. The molecule has 0 aliphatic carbocycles. The van der Waals surface area contributed by atoms with Crippen molar-refractivity contribution in [3.05, 3.63) is 58.1 Å². The predicted molar refractivity (Wildman–Crippen MR) is 77.7 cm³/mol. The Hall–Kier alpha value is -1.81. The summed E-state index contributed by atoms with van der Waals surface area (Å²) in [4.78, 5) is 12.1. The molecule has 0 aliphatic heterocycles. The van der Waals surface area contributed by atoms with Crippen LogP contribution in [0.5, 0.6) is 0 Å². The summed E-state index contributed by atoms with van der Waals surface area (Å²) in [6, 6.07) is 12.8. The first kappa shape index (κ1) is 12.6. The van der Waals surface area contributed by atoms with Gasteiger partial charge in [-0.15, -0.1) is 0 Å². The molecule has 2 rings (SSSR count). The predicted octanol–water partition coefficient (Wildman–Crippen LogP) is 3.59. The molecule has 4 heteroatoms. The molecule has 2 aromatic rings. The Morgan fingerprint density at radius 1 is 1.22 bits per heavy atom. The standard InChI is InChI=1S/C14H13BrN2O/c1-9-5-6-12(13(16)7-9)14(18)17-11-4-2-3-10(15)8-11/h2-8H,16H2,1H3,(H,17,18). The third-order valence-electron chi connectivity index (χ3n) is 2.53. The van der Waals surface area contributed by atoms with Crippen molar-refractivity contribution in [3.8, 4) is 0 Å². The largest absolute Gasteiger partial charge is 0.398 e. The van der Waals surface area contributed by atoms with E-state index < -0.39 is 0 Å². The zero-order valence-electron chi connectivity index (χ0n) is 9.91. The number of aryl methyl sites for hydroxylation is 1. The van der Waals surface area contributed by atoms with Crippen molar-refractivity contribution in [2.24, 2.45) is 0 Å². The monoisotopic (exact) mass is 304 g/mol. The Labute approximate surface area is 114 Å². The van der Waals surface area contributed by atoms with Gasteiger partial charge in [0.15, 0.2) is 0 Å². The summed E-state index contributed by atoms with van der Waals surface area (Å²) in [6.07, 6.45) is 0. The van der Waals surface area contributed by atoms with Crippen molar-refractivity contribution in [1.29, 1.82) is 0 Å². The lowest BCUT2D eigenvalue weighted by Crippen LogP contribution is -2.14. The number of rotatable bonds is 2. The van der Waals surface area contributed by atoms with Gasteiger partial charge < -0.3 is 11.1 Å². The molecule has 0 bridgehead atoms. The maximum atomic E-state index is 12.1. The fourth-order valence-corrected chi connectivity index (χ4v) is 2.05. The highest BCUT2D eigenvalue weighted by molar-refractivity contribution is 9.10. The van der Waals surface area contributed by atoms with Crippen molar-refractivity contribution >= 4 is 33.2 Å². The molecule has 0 heterocycles. The van der Waals surface area contributed by atoms with E-state index in [0.29, 0.717) is 11.3 Å². The van der Waals surface area contributed by atoms with Crippen LogP contribution in [0, 0.1) is 6.92 Å². The Morgan fingerprint density at radius 3 is 2.67 bits per heavy atom. The third kappa shape index (κ3) is 2.90. The quantitative estimate of drug-likeness (QED) is 0.833. The zero-order chi connectivity index (χ0) is 13.1. The smallest absolute Gasteiger partial charge is 0.257 e. The molecule has 0 spiro atoms. The van der Waals surface area contributed by atoms with Crippen LogP contribution in [-0.2, 0) is 0 Å². The highest BCUT2D eigenvalue weighted by Gasteiger charge is 2.09. The lowest BCUT2D eigenvalue weighted by atomic mass is 10.1. The molecule has 0 saturated carbocycles. The van der Waals surface area contributed by atoms with Gasteiger partial charge in [0, 0.05) is 15.8 Å².